The number of ether oxygens (including phenoxy) is 1. The molecule has 3 N–H and O–H groups in total. The van der Waals surface area contributed by atoms with Crippen molar-refractivity contribution in [3.63, 3.8) is 0 Å². The van der Waals surface area contributed by atoms with Gasteiger partial charge in [0.15, 0.2) is 5.65 Å². The summed E-state index contributed by atoms with van der Waals surface area (Å²) >= 11 is 0. The van der Waals surface area contributed by atoms with Crippen molar-refractivity contribution in [2.45, 2.75) is 57.6 Å². The summed E-state index contributed by atoms with van der Waals surface area (Å²) in [5.41, 5.74) is 11.4. The average molecular weight is 470 g/mol. The first-order valence-corrected chi connectivity index (χ1v) is 12.3. The van der Waals surface area contributed by atoms with Crippen LogP contribution >= 0.6 is 0 Å². The third-order valence-corrected chi connectivity index (χ3v) is 6.64. The number of aromatic nitrogens is 3. The van der Waals surface area contributed by atoms with Gasteiger partial charge in [0, 0.05) is 17.7 Å². The molecule has 1 unspecified atom stereocenters. The molecule has 1 saturated carbocycles. The van der Waals surface area contributed by atoms with Crippen molar-refractivity contribution in [3.8, 4) is 16.9 Å². The molecule has 1 atom stereocenters. The van der Waals surface area contributed by atoms with Crippen LogP contribution in [0.5, 0.6) is 5.75 Å². The zero-order valence-electron chi connectivity index (χ0n) is 20.0. The Bertz CT molecular complexity index is 1290. The van der Waals surface area contributed by atoms with Gasteiger partial charge in [0.25, 0.3) is 0 Å². The second-order valence-electron chi connectivity index (χ2n) is 9.26. The number of nitrogens with two attached hydrogens (primary N) is 1. The molecular formula is C28H31N5O2. The Hall–Kier alpha value is -3.71. The number of hydrogen-bond donors (Lipinski definition) is 2. The van der Waals surface area contributed by atoms with E-state index in [1.807, 2.05) is 41.0 Å². The van der Waals surface area contributed by atoms with E-state index in [4.69, 9.17) is 15.5 Å². The van der Waals surface area contributed by atoms with Crippen LogP contribution in [0.25, 0.3) is 16.8 Å². The molecule has 2 aromatic heterocycles. The molecule has 4 aromatic rings. The number of carbonyl (C=O) groups excluding carboxylic acids is 1. The number of benzene rings is 2. The van der Waals surface area contributed by atoms with Gasteiger partial charge in [-0.05, 0) is 43.0 Å². The highest BCUT2D eigenvalue weighted by Crippen LogP contribution is 2.39. The molecule has 1 aliphatic rings. The fraction of sp³-hybridized carbons (Fsp3) is 0.321. The van der Waals surface area contributed by atoms with Crippen molar-refractivity contribution in [2.24, 2.45) is 5.73 Å². The Balaban J connectivity index is 1.47. The van der Waals surface area contributed by atoms with Crippen molar-refractivity contribution in [1.29, 1.82) is 0 Å². The third-order valence-electron chi connectivity index (χ3n) is 6.64. The molecule has 0 aliphatic heterocycles. The second kappa shape index (κ2) is 10.3. The summed E-state index contributed by atoms with van der Waals surface area (Å²) < 4.78 is 7.88. The van der Waals surface area contributed by atoms with Crippen molar-refractivity contribution < 1.29 is 9.53 Å². The van der Waals surface area contributed by atoms with E-state index in [-0.39, 0.29) is 5.91 Å². The maximum Gasteiger partial charge on any atom is 0.241 e. The highest BCUT2D eigenvalue weighted by atomic mass is 16.5. The third kappa shape index (κ3) is 5.05. The smallest absolute Gasteiger partial charge is 0.241 e. The van der Waals surface area contributed by atoms with Gasteiger partial charge in [-0.25, -0.2) is 9.50 Å². The first-order chi connectivity index (χ1) is 17.1. The lowest BCUT2D eigenvalue weighted by Gasteiger charge is -2.25. The molecule has 2 heterocycles. The van der Waals surface area contributed by atoms with Crippen LogP contribution < -0.4 is 15.8 Å². The summed E-state index contributed by atoms with van der Waals surface area (Å²) in [6.07, 6.45) is 9.48. The zero-order chi connectivity index (χ0) is 24.2. The summed E-state index contributed by atoms with van der Waals surface area (Å²) in [6.45, 7) is 2.19. The van der Waals surface area contributed by atoms with Crippen LogP contribution in [-0.4, -0.2) is 26.5 Å². The van der Waals surface area contributed by atoms with Crippen LogP contribution in [0.1, 0.15) is 56.2 Å². The van der Waals surface area contributed by atoms with Gasteiger partial charge >= 0.3 is 0 Å². The number of nitrogens with one attached hydrogen (secondary N) is 1. The zero-order valence-corrected chi connectivity index (χ0v) is 20.0. The van der Waals surface area contributed by atoms with Gasteiger partial charge in [-0.1, -0.05) is 61.7 Å². The topological polar surface area (TPSA) is 94.5 Å². The fourth-order valence-corrected chi connectivity index (χ4v) is 4.75. The number of anilines is 1. The van der Waals surface area contributed by atoms with Crippen LogP contribution in [0.15, 0.2) is 67.0 Å². The fourth-order valence-electron chi connectivity index (χ4n) is 4.75. The predicted molar refractivity (Wildman–Crippen MR) is 137 cm³/mol. The molecule has 0 spiro atoms. The van der Waals surface area contributed by atoms with Crippen LogP contribution in [0.3, 0.4) is 0 Å². The van der Waals surface area contributed by atoms with E-state index in [0.29, 0.717) is 23.9 Å². The lowest BCUT2D eigenvalue weighted by atomic mass is 9.84. The van der Waals surface area contributed by atoms with Gasteiger partial charge in [0.05, 0.1) is 17.9 Å². The molecule has 180 valence electrons. The van der Waals surface area contributed by atoms with Crippen LogP contribution in [0.4, 0.5) is 5.69 Å². The van der Waals surface area contributed by atoms with E-state index in [2.05, 4.69) is 34.7 Å². The van der Waals surface area contributed by atoms with Crippen LogP contribution in [0.2, 0.25) is 0 Å². The maximum atomic E-state index is 12.2. The standard InChI is InChI=1S/C28H31N5O2/c1-19(29)28(34)32-25-17-31-33-26(22-10-6-3-7-11-22)24(16-30-27(25)33)21-12-14-23(15-13-21)35-18-20-8-4-2-5-9-20/h2,4-5,8-9,12-17,19,22H,3,6-7,10-11,18,29H2,1H3,(H,32,34). The monoisotopic (exact) mass is 469 g/mol. The highest BCUT2D eigenvalue weighted by molar-refractivity contribution is 5.97. The van der Waals surface area contributed by atoms with E-state index in [9.17, 15) is 4.79 Å². The van der Waals surface area contributed by atoms with E-state index in [0.717, 1.165) is 41.0 Å². The number of nitrogens with zero attached hydrogens (tertiary/aromatic N) is 3. The van der Waals surface area contributed by atoms with Gasteiger partial charge in [-0.2, -0.15) is 5.10 Å². The molecule has 5 rings (SSSR count). The summed E-state index contributed by atoms with van der Waals surface area (Å²) in [5, 5.41) is 7.51. The predicted octanol–water partition coefficient (Wildman–Crippen LogP) is 5.31. The van der Waals surface area contributed by atoms with Gasteiger partial charge in [0.1, 0.15) is 18.0 Å². The van der Waals surface area contributed by atoms with Crippen molar-refractivity contribution in [2.75, 3.05) is 5.32 Å². The molecule has 7 nitrogen and oxygen atoms in total. The molecule has 2 aromatic carbocycles. The summed E-state index contributed by atoms with van der Waals surface area (Å²) in [4.78, 5) is 16.9. The Kier molecular flexibility index (Phi) is 6.77. The van der Waals surface area contributed by atoms with Crippen LogP contribution in [0, 0.1) is 0 Å². The van der Waals surface area contributed by atoms with Gasteiger partial charge in [-0.3, -0.25) is 4.79 Å². The van der Waals surface area contributed by atoms with E-state index in [1.165, 1.54) is 19.3 Å². The Morgan fingerprint density at radius 3 is 2.54 bits per heavy atom. The lowest BCUT2D eigenvalue weighted by molar-refractivity contribution is -0.117. The molecule has 0 radical (unpaired) electrons. The van der Waals surface area contributed by atoms with Crippen LogP contribution in [-0.2, 0) is 11.4 Å². The first kappa shape index (κ1) is 23.1. The Morgan fingerprint density at radius 1 is 1.09 bits per heavy atom. The molecule has 1 amide bonds. The van der Waals surface area contributed by atoms with Crippen molar-refractivity contribution >= 4 is 17.2 Å². The van der Waals surface area contributed by atoms with E-state index in [1.54, 1.807) is 13.1 Å². The van der Waals surface area contributed by atoms with Gasteiger partial charge in [-0.15, -0.1) is 0 Å². The lowest BCUT2D eigenvalue weighted by Crippen LogP contribution is -2.32. The number of fused-ring (bicyclic) bond motifs is 1. The summed E-state index contributed by atoms with van der Waals surface area (Å²) in [7, 11) is 0. The molecule has 1 fully saturated rings. The van der Waals surface area contributed by atoms with E-state index < -0.39 is 6.04 Å². The average Bonchev–Trinajstić information content (AvgIpc) is 3.31. The quantitative estimate of drug-likeness (QED) is 0.383. The SMILES string of the molecule is CC(N)C(=O)Nc1cnn2c(C3CCCCC3)c(-c3ccc(OCc4ccccc4)cc3)cnc12. The minimum atomic E-state index is -0.607. The Labute approximate surface area is 205 Å². The molecule has 1 aliphatic carbocycles. The number of hydrogen-bond acceptors (Lipinski definition) is 5. The minimum Gasteiger partial charge on any atom is -0.489 e. The molecule has 0 bridgehead atoms. The summed E-state index contributed by atoms with van der Waals surface area (Å²) in [6, 6.07) is 17.7. The molecular weight excluding hydrogens is 438 g/mol. The number of rotatable bonds is 7. The summed E-state index contributed by atoms with van der Waals surface area (Å²) in [5.74, 6) is 0.956. The molecule has 7 heteroatoms. The molecule has 0 saturated heterocycles. The van der Waals surface area contributed by atoms with Gasteiger partial charge < -0.3 is 15.8 Å². The largest absolute Gasteiger partial charge is 0.489 e. The second-order valence-corrected chi connectivity index (χ2v) is 9.26. The van der Waals surface area contributed by atoms with Gasteiger partial charge in [0.2, 0.25) is 5.91 Å². The first-order valence-electron chi connectivity index (χ1n) is 12.3. The minimum absolute atomic E-state index is 0.254. The number of amides is 1. The number of carbonyl (C=O) groups is 1. The molecule has 35 heavy (non-hydrogen) atoms. The maximum absolute atomic E-state index is 12.2. The van der Waals surface area contributed by atoms with Crippen molar-refractivity contribution in [1.82, 2.24) is 14.6 Å². The normalized spacial score (nSPS) is 15.1. The highest BCUT2D eigenvalue weighted by Gasteiger charge is 2.25. The van der Waals surface area contributed by atoms with Crippen molar-refractivity contribution in [3.05, 3.63) is 78.2 Å². The van der Waals surface area contributed by atoms with E-state index >= 15 is 0 Å². The Morgan fingerprint density at radius 2 is 1.83 bits per heavy atom.